The summed E-state index contributed by atoms with van der Waals surface area (Å²) in [5.74, 6) is 0. The van der Waals surface area contributed by atoms with E-state index in [9.17, 15) is 0 Å². The van der Waals surface area contributed by atoms with Crippen LogP contribution in [0.1, 0.15) is 0 Å². The summed E-state index contributed by atoms with van der Waals surface area (Å²) in [6.07, 6.45) is 0. The van der Waals surface area contributed by atoms with Crippen LogP contribution < -0.4 is 0 Å². The molecule has 0 spiro atoms. The lowest BCUT2D eigenvalue weighted by Gasteiger charge is -2.16. The van der Waals surface area contributed by atoms with Crippen LogP contribution in [-0.2, 0) is 0 Å². The maximum atomic E-state index is 5.48. The Balaban J connectivity index is 1.06. The largest absolute Gasteiger partial charge is 0.309 e. The summed E-state index contributed by atoms with van der Waals surface area (Å²) in [6.45, 7) is 0. The van der Waals surface area contributed by atoms with E-state index in [2.05, 4.69) is 203 Å². The molecular weight excluding hydrogens is 785 g/mol. The second-order valence-corrected chi connectivity index (χ2v) is 17.5. The molecule has 4 heterocycles. The van der Waals surface area contributed by atoms with Crippen molar-refractivity contribution in [2.24, 2.45) is 0 Å². The van der Waals surface area contributed by atoms with Gasteiger partial charge in [0.15, 0.2) is 0 Å². The van der Waals surface area contributed by atoms with Crippen molar-refractivity contribution in [1.29, 1.82) is 0 Å². The molecule has 0 saturated heterocycles. The average molecular weight is 819 g/mol. The Morgan fingerprint density at radius 1 is 0.333 bits per heavy atom. The summed E-state index contributed by atoms with van der Waals surface area (Å²) in [4.78, 5) is 10.9. The second kappa shape index (κ2) is 13.2. The van der Waals surface area contributed by atoms with Crippen molar-refractivity contribution in [3.63, 3.8) is 0 Å². The zero-order chi connectivity index (χ0) is 41.2. The van der Waals surface area contributed by atoms with E-state index in [0.29, 0.717) is 0 Å². The summed E-state index contributed by atoms with van der Waals surface area (Å²) in [5, 5.41) is 12.2. The van der Waals surface area contributed by atoms with Crippen LogP contribution in [0, 0.1) is 0 Å². The van der Waals surface area contributed by atoms with Crippen molar-refractivity contribution in [2.45, 2.75) is 0 Å². The first-order chi connectivity index (χ1) is 31.2. The Hall–Kier alpha value is -8.12. The minimum atomic E-state index is 0.875. The van der Waals surface area contributed by atoms with Gasteiger partial charge >= 0.3 is 0 Å². The predicted molar refractivity (Wildman–Crippen MR) is 267 cm³/mol. The summed E-state index contributed by atoms with van der Waals surface area (Å²) >= 11 is 1.83. The minimum Gasteiger partial charge on any atom is -0.309 e. The van der Waals surface area contributed by atoms with Crippen molar-refractivity contribution in [3.8, 4) is 33.9 Å². The molecule has 0 aliphatic carbocycles. The molecule has 0 N–H and O–H groups in total. The molecule has 14 aromatic rings. The first-order valence-corrected chi connectivity index (χ1v) is 22.2. The Bertz CT molecular complexity index is 4170. The standard InChI is InChI=1S/C58H34N4S/c1-2-15-36-33-53-47(32-35(36)14-1)42-31-30-37(61-50-26-8-3-16-40(50)41-17-4-9-27-51(41)61)34-54(42)62(53)52-28-13-19-38-39(52)20-11-21-44(38)56-57(60-49-25-7-6-24-48(49)59-56)46-23-12-22-45-43-18-5-10-29-55(43)63-58(45)46/h1-34H. The van der Waals surface area contributed by atoms with E-state index in [-0.39, 0.29) is 0 Å². The molecule has 0 saturated carbocycles. The molecule has 0 bridgehead atoms. The molecule has 5 heteroatoms. The maximum absolute atomic E-state index is 5.48. The number of nitrogens with zero attached hydrogens (tertiary/aromatic N) is 4. The van der Waals surface area contributed by atoms with Gasteiger partial charge in [-0.25, -0.2) is 9.97 Å². The number of fused-ring (bicyclic) bond motifs is 12. The maximum Gasteiger partial charge on any atom is 0.0987 e. The van der Waals surface area contributed by atoms with Gasteiger partial charge in [-0.2, -0.15) is 0 Å². The summed E-state index contributed by atoms with van der Waals surface area (Å²) in [6, 6.07) is 74.9. The fourth-order valence-corrected chi connectivity index (χ4v) is 11.5. The van der Waals surface area contributed by atoms with Gasteiger partial charge in [-0.1, -0.05) is 146 Å². The lowest BCUT2D eigenvalue weighted by Crippen LogP contribution is -1.99. The molecule has 4 aromatic heterocycles. The van der Waals surface area contributed by atoms with Gasteiger partial charge in [0, 0.05) is 63.9 Å². The van der Waals surface area contributed by atoms with Crippen LogP contribution in [0.3, 0.4) is 0 Å². The van der Waals surface area contributed by atoms with Crippen molar-refractivity contribution in [3.05, 3.63) is 206 Å². The monoisotopic (exact) mass is 818 g/mol. The van der Waals surface area contributed by atoms with Gasteiger partial charge in [0.2, 0.25) is 0 Å². The molecular formula is C58H34N4S. The number of benzene rings is 10. The van der Waals surface area contributed by atoms with Crippen molar-refractivity contribution >= 4 is 108 Å². The zero-order valence-corrected chi connectivity index (χ0v) is 34.6. The molecule has 292 valence electrons. The number of hydrogen-bond donors (Lipinski definition) is 0. The van der Waals surface area contributed by atoms with Gasteiger partial charge < -0.3 is 9.13 Å². The molecule has 4 nitrogen and oxygen atoms in total. The van der Waals surface area contributed by atoms with Gasteiger partial charge in [-0.3, -0.25) is 0 Å². The quantitative estimate of drug-likeness (QED) is 0.177. The third kappa shape index (κ3) is 5.03. The lowest BCUT2D eigenvalue weighted by molar-refractivity contribution is 1.16. The van der Waals surface area contributed by atoms with E-state index >= 15 is 0 Å². The Kier molecular flexibility index (Phi) is 7.24. The van der Waals surface area contributed by atoms with Gasteiger partial charge in [-0.05, 0) is 76.8 Å². The highest BCUT2D eigenvalue weighted by Gasteiger charge is 2.22. The third-order valence-corrected chi connectivity index (χ3v) is 14.3. The summed E-state index contributed by atoms with van der Waals surface area (Å²) < 4.78 is 7.40. The molecule has 0 unspecified atom stereocenters. The fourth-order valence-electron chi connectivity index (χ4n) is 10.3. The van der Waals surface area contributed by atoms with Crippen LogP contribution in [0.2, 0.25) is 0 Å². The van der Waals surface area contributed by atoms with Gasteiger partial charge in [0.25, 0.3) is 0 Å². The van der Waals surface area contributed by atoms with Gasteiger partial charge in [0.05, 0.1) is 50.2 Å². The summed E-state index contributed by atoms with van der Waals surface area (Å²) in [7, 11) is 0. The van der Waals surface area contributed by atoms with E-state index < -0.39 is 0 Å². The second-order valence-electron chi connectivity index (χ2n) is 16.5. The van der Waals surface area contributed by atoms with Crippen LogP contribution in [0.4, 0.5) is 0 Å². The van der Waals surface area contributed by atoms with Crippen LogP contribution in [0.25, 0.3) is 130 Å². The van der Waals surface area contributed by atoms with Gasteiger partial charge in [-0.15, -0.1) is 11.3 Å². The van der Waals surface area contributed by atoms with E-state index in [0.717, 1.165) is 61.2 Å². The Morgan fingerprint density at radius 3 is 1.67 bits per heavy atom. The lowest BCUT2D eigenvalue weighted by atomic mass is 9.96. The third-order valence-electron chi connectivity index (χ3n) is 13.1. The van der Waals surface area contributed by atoms with E-state index in [1.165, 1.54) is 69.0 Å². The minimum absolute atomic E-state index is 0.875. The van der Waals surface area contributed by atoms with Crippen LogP contribution in [0.5, 0.6) is 0 Å². The van der Waals surface area contributed by atoms with Gasteiger partial charge in [0.1, 0.15) is 0 Å². The molecule has 0 amide bonds. The molecule has 0 radical (unpaired) electrons. The molecule has 0 atom stereocenters. The van der Waals surface area contributed by atoms with Crippen molar-refractivity contribution in [2.75, 3.05) is 0 Å². The molecule has 14 rings (SSSR count). The highest BCUT2D eigenvalue weighted by Crippen LogP contribution is 2.45. The predicted octanol–water partition coefficient (Wildman–Crippen LogP) is 15.8. The molecule has 0 fully saturated rings. The number of thiophene rings is 1. The van der Waals surface area contributed by atoms with Crippen LogP contribution in [0.15, 0.2) is 206 Å². The summed E-state index contributed by atoms with van der Waals surface area (Å²) in [5.41, 5.74) is 12.6. The van der Waals surface area contributed by atoms with Crippen LogP contribution >= 0.6 is 11.3 Å². The number of para-hydroxylation sites is 4. The zero-order valence-electron chi connectivity index (χ0n) is 33.8. The molecule has 63 heavy (non-hydrogen) atoms. The topological polar surface area (TPSA) is 35.6 Å². The highest BCUT2D eigenvalue weighted by molar-refractivity contribution is 7.26. The SMILES string of the molecule is c1ccc2cc3c(cc2c1)c1ccc(-n2c4ccccc4c4ccccc42)cc1n3-c1cccc2c(-c3nc4ccccc4nc3-c3cccc4c3sc3ccccc34)cccc12. The number of aromatic nitrogens is 4. The first kappa shape index (κ1) is 34.6. The van der Waals surface area contributed by atoms with E-state index in [1.807, 2.05) is 23.5 Å². The van der Waals surface area contributed by atoms with Crippen molar-refractivity contribution < 1.29 is 0 Å². The average Bonchev–Trinajstić information content (AvgIpc) is 4.00. The molecule has 0 aliphatic rings. The first-order valence-electron chi connectivity index (χ1n) is 21.4. The normalized spacial score (nSPS) is 12.1. The highest BCUT2D eigenvalue weighted by atomic mass is 32.1. The Morgan fingerprint density at radius 2 is 0.889 bits per heavy atom. The molecule has 0 aliphatic heterocycles. The smallest absolute Gasteiger partial charge is 0.0987 e. The number of rotatable bonds is 4. The van der Waals surface area contributed by atoms with E-state index in [1.54, 1.807) is 0 Å². The van der Waals surface area contributed by atoms with Crippen molar-refractivity contribution in [1.82, 2.24) is 19.1 Å². The van der Waals surface area contributed by atoms with E-state index in [4.69, 9.17) is 9.97 Å². The number of hydrogen-bond acceptors (Lipinski definition) is 3. The fraction of sp³-hybridized carbons (Fsp3) is 0. The molecule has 10 aromatic carbocycles. The van der Waals surface area contributed by atoms with Crippen LogP contribution in [-0.4, -0.2) is 19.1 Å². The Labute approximate surface area is 365 Å².